The van der Waals surface area contributed by atoms with Crippen molar-refractivity contribution in [3.8, 4) is 5.75 Å². The Morgan fingerprint density at radius 3 is 2.67 bits per heavy atom. The van der Waals surface area contributed by atoms with Crippen molar-refractivity contribution in [2.75, 3.05) is 13.2 Å². The van der Waals surface area contributed by atoms with Crippen LogP contribution in [0.15, 0.2) is 42.5 Å². The van der Waals surface area contributed by atoms with Crippen LogP contribution < -0.4 is 15.4 Å². The monoisotopic (exact) mass is 450 g/mol. The number of hydrogen-bond acceptors (Lipinski definition) is 4. The molecule has 178 valence electrons. The minimum Gasteiger partial charge on any atom is -0.491 e. The number of amides is 1. The van der Waals surface area contributed by atoms with Crippen LogP contribution >= 0.6 is 0 Å². The Bertz CT molecular complexity index is 933. The molecule has 0 aromatic heterocycles. The van der Waals surface area contributed by atoms with Gasteiger partial charge in [-0.25, -0.2) is 0 Å². The van der Waals surface area contributed by atoms with E-state index < -0.39 is 0 Å². The standard InChI is InChI=1S/C28H38N2O3/c1-4-28(2,3)29-18-20-7-8-23-17-24(12-9-22(23)16-20)30-27(31)21-10-13-25(14-11-21)33-19-26-6-5-15-32-26/h7-8,10-11,13-14,16,24,26,29H,4-6,9,12,15,17-19H2,1-3H3,(H,30,31)/t24-,26-/m0/s1. The van der Waals surface area contributed by atoms with Crippen LogP contribution in [-0.4, -0.2) is 36.8 Å². The van der Waals surface area contributed by atoms with Crippen LogP contribution in [0.3, 0.4) is 0 Å². The lowest BCUT2D eigenvalue weighted by Gasteiger charge is -2.27. The number of nitrogens with one attached hydrogen (secondary N) is 2. The quantitative estimate of drug-likeness (QED) is 0.576. The van der Waals surface area contributed by atoms with E-state index in [0.717, 1.165) is 57.4 Å². The van der Waals surface area contributed by atoms with Gasteiger partial charge in [-0.2, -0.15) is 0 Å². The highest BCUT2D eigenvalue weighted by Crippen LogP contribution is 2.24. The van der Waals surface area contributed by atoms with Crippen molar-refractivity contribution >= 4 is 5.91 Å². The molecule has 2 atom stereocenters. The maximum absolute atomic E-state index is 12.8. The second-order valence-electron chi connectivity index (χ2n) is 10.1. The van der Waals surface area contributed by atoms with Crippen molar-refractivity contribution in [2.45, 2.75) is 83.5 Å². The number of benzene rings is 2. The van der Waals surface area contributed by atoms with Gasteiger partial charge in [-0.1, -0.05) is 25.1 Å². The van der Waals surface area contributed by atoms with E-state index >= 15 is 0 Å². The predicted molar refractivity (Wildman–Crippen MR) is 132 cm³/mol. The van der Waals surface area contributed by atoms with Gasteiger partial charge in [0.1, 0.15) is 12.4 Å². The minimum atomic E-state index is -0.0169. The first-order valence-corrected chi connectivity index (χ1v) is 12.4. The molecule has 33 heavy (non-hydrogen) atoms. The Labute approximate surface area is 198 Å². The second-order valence-corrected chi connectivity index (χ2v) is 10.1. The predicted octanol–water partition coefficient (Wildman–Crippen LogP) is 4.81. The van der Waals surface area contributed by atoms with Crippen LogP contribution in [0.1, 0.15) is 73.5 Å². The number of rotatable bonds is 9. The number of hydrogen-bond donors (Lipinski definition) is 2. The summed E-state index contributed by atoms with van der Waals surface area (Å²) in [4.78, 5) is 12.8. The molecule has 2 aromatic rings. The highest BCUT2D eigenvalue weighted by atomic mass is 16.5. The highest BCUT2D eigenvalue weighted by Gasteiger charge is 2.22. The van der Waals surface area contributed by atoms with Gasteiger partial charge in [0.05, 0.1) is 6.10 Å². The van der Waals surface area contributed by atoms with Crippen molar-refractivity contribution < 1.29 is 14.3 Å². The lowest BCUT2D eigenvalue weighted by Crippen LogP contribution is -2.39. The van der Waals surface area contributed by atoms with Gasteiger partial charge in [-0.15, -0.1) is 0 Å². The van der Waals surface area contributed by atoms with Crippen LogP contribution in [0, 0.1) is 0 Å². The van der Waals surface area contributed by atoms with Gasteiger partial charge in [-0.3, -0.25) is 4.79 Å². The molecule has 2 aliphatic rings. The van der Waals surface area contributed by atoms with E-state index in [1.54, 1.807) is 0 Å². The second kappa shape index (κ2) is 10.7. The van der Waals surface area contributed by atoms with E-state index in [4.69, 9.17) is 9.47 Å². The first-order chi connectivity index (χ1) is 15.9. The molecule has 2 N–H and O–H groups in total. The van der Waals surface area contributed by atoms with Crippen molar-refractivity contribution in [3.63, 3.8) is 0 Å². The zero-order chi connectivity index (χ0) is 23.3. The summed E-state index contributed by atoms with van der Waals surface area (Å²) in [5, 5.41) is 6.87. The molecule has 4 rings (SSSR count). The maximum atomic E-state index is 12.8. The zero-order valence-electron chi connectivity index (χ0n) is 20.3. The Kier molecular flexibility index (Phi) is 7.71. The summed E-state index contributed by atoms with van der Waals surface area (Å²) >= 11 is 0. The number of aryl methyl sites for hydroxylation is 1. The lowest BCUT2D eigenvalue weighted by molar-refractivity contribution is 0.0679. The SMILES string of the molecule is CCC(C)(C)NCc1ccc2c(c1)CC[C@H](NC(=O)c1ccc(OC[C@@H]3CCCO3)cc1)C2. The molecule has 0 radical (unpaired) electrons. The molecule has 5 nitrogen and oxygen atoms in total. The van der Waals surface area contributed by atoms with Crippen molar-refractivity contribution in [2.24, 2.45) is 0 Å². The summed E-state index contributed by atoms with van der Waals surface area (Å²) < 4.78 is 11.4. The summed E-state index contributed by atoms with van der Waals surface area (Å²) in [6, 6.07) is 14.4. The minimum absolute atomic E-state index is 0.0169. The lowest BCUT2D eigenvalue weighted by atomic mass is 9.87. The third-order valence-electron chi connectivity index (χ3n) is 7.07. The third-order valence-corrected chi connectivity index (χ3v) is 7.07. The van der Waals surface area contributed by atoms with E-state index in [1.165, 1.54) is 16.7 Å². The fraction of sp³-hybridized carbons (Fsp3) is 0.536. The summed E-state index contributed by atoms with van der Waals surface area (Å²) in [5.74, 6) is 0.762. The first kappa shape index (κ1) is 23.8. The molecule has 1 aliphatic carbocycles. The van der Waals surface area contributed by atoms with Crippen LogP contribution in [0.2, 0.25) is 0 Å². The van der Waals surface area contributed by atoms with E-state index in [-0.39, 0.29) is 23.6 Å². The van der Waals surface area contributed by atoms with Gasteiger partial charge in [0.25, 0.3) is 5.91 Å². The summed E-state index contributed by atoms with van der Waals surface area (Å²) in [6.45, 7) is 8.98. The van der Waals surface area contributed by atoms with Gasteiger partial charge < -0.3 is 20.1 Å². The molecule has 0 unspecified atom stereocenters. The van der Waals surface area contributed by atoms with Gasteiger partial charge in [0.2, 0.25) is 0 Å². The van der Waals surface area contributed by atoms with E-state index in [2.05, 4.69) is 49.6 Å². The Balaban J connectivity index is 1.27. The third kappa shape index (κ3) is 6.58. The topological polar surface area (TPSA) is 59.6 Å². The molecule has 0 spiro atoms. The van der Waals surface area contributed by atoms with E-state index in [0.29, 0.717) is 12.2 Å². The summed E-state index contributed by atoms with van der Waals surface area (Å²) in [7, 11) is 0. The van der Waals surface area contributed by atoms with E-state index in [9.17, 15) is 4.79 Å². The van der Waals surface area contributed by atoms with Gasteiger partial charge in [0, 0.05) is 30.3 Å². The highest BCUT2D eigenvalue weighted by molar-refractivity contribution is 5.94. The van der Waals surface area contributed by atoms with Gasteiger partial charge in [-0.05, 0) is 93.3 Å². The molecule has 0 saturated carbocycles. The molecule has 1 saturated heterocycles. The fourth-order valence-electron chi connectivity index (χ4n) is 4.44. The van der Waals surface area contributed by atoms with Crippen molar-refractivity contribution in [1.82, 2.24) is 10.6 Å². The molecule has 1 fully saturated rings. The Morgan fingerprint density at radius 2 is 1.94 bits per heavy atom. The number of carbonyl (C=O) groups is 1. The summed E-state index contributed by atoms with van der Waals surface area (Å²) in [6.07, 6.45) is 6.31. The molecule has 1 amide bonds. The van der Waals surface area contributed by atoms with Crippen LogP contribution in [0.5, 0.6) is 5.75 Å². The molecular weight excluding hydrogens is 412 g/mol. The Hall–Kier alpha value is -2.37. The number of fused-ring (bicyclic) bond motifs is 1. The maximum Gasteiger partial charge on any atom is 0.251 e. The summed E-state index contributed by atoms with van der Waals surface area (Å²) in [5.41, 5.74) is 4.93. The average molecular weight is 451 g/mol. The fourth-order valence-corrected chi connectivity index (χ4v) is 4.44. The van der Waals surface area contributed by atoms with E-state index in [1.807, 2.05) is 24.3 Å². The smallest absolute Gasteiger partial charge is 0.251 e. The number of ether oxygens (including phenoxy) is 2. The molecule has 1 heterocycles. The number of carbonyl (C=O) groups excluding carboxylic acids is 1. The van der Waals surface area contributed by atoms with Crippen LogP contribution in [0.25, 0.3) is 0 Å². The molecule has 5 heteroatoms. The molecule has 2 aromatic carbocycles. The molecular formula is C28H38N2O3. The molecule has 0 bridgehead atoms. The van der Waals surface area contributed by atoms with Gasteiger partial charge >= 0.3 is 0 Å². The Morgan fingerprint density at radius 1 is 1.12 bits per heavy atom. The van der Waals surface area contributed by atoms with Crippen LogP contribution in [-0.2, 0) is 24.1 Å². The average Bonchev–Trinajstić information content (AvgIpc) is 3.35. The van der Waals surface area contributed by atoms with Gasteiger partial charge in [0.15, 0.2) is 0 Å². The normalized spacial score (nSPS) is 20.3. The van der Waals surface area contributed by atoms with Crippen LogP contribution in [0.4, 0.5) is 0 Å². The zero-order valence-corrected chi connectivity index (χ0v) is 20.3. The first-order valence-electron chi connectivity index (χ1n) is 12.4. The van der Waals surface area contributed by atoms with Crippen molar-refractivity contribution in [3.05, 3.63) is 64.7 Å². The van der Waals surface area contributed by atoms with Crippen molar-refractivity contribution in [1.29, 1.82) is 0 Å². The molecule has 1 aliphatic heterocycles. The largest absolute Gasteiger partial charge is 0.491 e.